The van der Waals surface area contributed by atoms with Crippen LogP contribution in [0, 0.1) is 6.92 Å². The van der Waals surface area contributed by atoms with E-state index in [0.29, 0.717) is 23.0 Å². The van der Waals surface area contributed by atoms with Gasteiger partial charge in [-0.05, 0) is 24.6 Å². The summed E-state index contributed by atoms with van der Waals surface area (Å²) in [5.41, 5.74) is 3.51. The van der Waals surface area contributed by atoms with E-state index in [0.717, 1.165) is 5.56 Å². The van der Waals surface area contributed by atoms with Gasteiger partial charge < -0.3 is 0 Å². The third-order valence-corrected chi connectivity index (χ3v) is 3.73. The molecule has 0 saturated carbocycles. The maximum atomic E-state index is 12.2. The van der Waals surface area contributed by atoms with Crippen LogP contribution in [0.5, 0.6) is 0 Å². The van der Waals surface area contributed by atoms with Gasteiger partial charge in [0.15, 0.2) is 0 Å². The van der Waals surface area contributed by atoms with Crippen molar-refractivity contribution < 1.29 is 9.59 Å². The Morgan fingerprint density at radius 2 is 2.23 bits per heavy atom. The van der Waals surface area contributed by atoms with Crippen molar-refractivity contribution in [2.75, 3.05) is 10.3 Å². The third kappa shape index (κ3) is 3.01. The second-order valence-corrected chi connectivity index (χ2v) is 5.62. The van der Waals surface area contributed by atoms with Gasteiger partial charge in [-0.2, -0.15) is 5.10 Å². The van der Waals surface area contributed by atoms with Crippen molar-refractivity contribution in [3.63, 3.8) is 0 Å². The summed E-state index contributed by atoms with van der Waals surface area (Å²) >= 11 is 1.23. The molecule has 0 fully saturated rings. The van der Waals surface area contributed by atoms with Crippen LogP contribution >= 0.6 is 11.3 Å². The number of nitrogens with zero attached hydrogens (tertiary/aromatic N) is 4. The Morgan fingerprint density at radius 3 is 2.95 bits per heavy atom. The molecule has 7 nitrogen and oxygen atoms in total. The Balaban J connectivity index is 1.84. The third-order valence-electron chi connectivity index (χ3n) is 3.12. The first-order chi connectivity index (χ1) is 10.6. The number of hydrogen-bond acceptors (Lipinski definition) is 6. The number of benzene rings is 1. The normalized spacial score (nSPS) is 14.7. The quantitative estimate of drug-likeness (QED) is 0.938. The highest BCUT2D eigenvalue weighted by atomic mass is 32.1. The smallest absolute Gasteiger partial charge is 0.273 e. The standard InChI is InChI=1S/C14H13N5O2S/c1-9-3-2-4-10(7-9)19-12(20)6-5-11(18-19)13(21)16-14-17-15-8-22-14/h2-4,7-8H,5-6H2,1H3,(H,16,17,21). The highest BCUT2D eigenvalue weighted by molar-refractivity contribution is 7.13. The Morgan fingerprint density at radius 1 is 1.36 bits per heavy atom. The van der Waals surface area contributed by atoms with Gasteiger partial charge in [0, 0.05) is 12.8 Å². The molecule has 1 aromatic heterocycles. The second kappa shape index (κ2) is 6.02. The second-order valence-electron chi connectivity index (χ2n) is 4.79. The number of rotatable bonds is 3. The Bertz CT molecular complexity index is 741. The van der Waals surface area contributed by atoms with Crippen LogP contribution in [-0.4, -0.2) is 27.7 Å². The van der Waals surface area contributed by atoms with Crippen molar-refractivity contribution in [1.82, 2.24) is 10.2 Å². The average Bonchev–Trinajstić information content (AvgIpc) is 3.00. The molecule has 0 unspecified atom stereocenters. The monoisotopic (exact) mass is 315 g/mol. The molecule has 2 amide bonds. The van der Waals surface area contributed by atoms with Gasteiger partial charge in [-0.25, -0.2) is 5.01 Å². The number of amides is 2. The molecule has 1 aromatic carbocycles. The molecular weight excluding hydrogens is 302 g/mol. The van der Waals surface area contributed by atoms with Crippen molar-refractivity contribution in [1.29, 1.82) is 0 Å². The van der Waals surface area contributed by atoms with Crippen LogP contribution < -0.4 is 10.3 Å². The SMILES string of the molecule is Cc1cccc(N2N=C(C(=O)Nc3nncs3)CCC2=O)c1. The van der Waals surface area contributed by atoms with E-state index in [-0.39, 0.29) is 18.2 Å². The zero-order valence-corrected chi connectivity index (χ0v) is 12.6. The summed E-state index contributed by atoms with van der Waals surface area (Å²) in [5.74, 6) is -0.486. The van der Waals surface area contributed by atoms with E-state index in [9.17, 15) is 9.59 Å². The number of hydrogen-bond donors (Lipinski definition) is 1. The van der Waals surface area contributed by atoms with Crippen molar-refractivity contribution in [3.05, 3.63) is 35.3 Å². The summed E-state index contributed by atoms with van der Waals surface area (Å²) in [6.45, 7) is 1.94. The molecule has 3 rings (SSSR count). The maximum absolute atomic E-state index is 12.2. The van der Waals surface area contributed by atoms with Crippen LogP contribution in [0.3, 0.4) is 0 Å². The van der Waals surface area contributed by atoms with Gasteiger partial charge in [-0.1, -0.05) is 23.5 Å². The van der Waals surface area contributed by atoms with E-state index in [1.54, 1.807) is 6.07 Å². The lowest BCUT2D eigenvalue weighted by molar-refractivity contribution is -0.118. The molecule has 2 heterocycles. The van der Waals surface area contributed by atoms with Crippen LogP contribution in [0.4, 0.5) is 10.8 Å². The lowest BCUT2D eigenvalue weighted by Crippen LogP contribution is -2.36. The molecule has 8 heteroatoms. The molecule has 22 heavy (non-hydrogen) atoms. The van der Waals surface area contributed by atoms with Gasteiger partial charge in [0.25, 0.3) is 5.91 Å². The van der Waals surface area contributed by atoms with E-state index in [1.165, 1.54) is 21.9 Å². The van der Waals surface area contributed by atoms with Crippen LogP contribution in [-0.2, 0) is 9.59 Å². The summed E-state index contributed by atoms with van der Waals surface area (Å²) in [6.07, 6.45) is 0.558. The van der Waals surface area contributed by atoms with E-state index in [1.807, 2.05) is 25.1 Å². The summed E-state index contributed by atoms with van der Waals surface area (Å²) < 4.78 is 0. The van der Waals surface area contributed by atoms with E-state index >= 15 is 0 Å². The molecule has 1 aliphatic rings. The van der Waals surface area contributed by atoms with E-state index in [2.05, 4.69) is 20.6 Å². The van der Waals surface area contributed by atoms with Crippen molar-refractivity contribution >= 4 is 39.7 Å². The summed E-state index contributed by atoms with van der Waals surface area (Å²) in [5, 5.41) is 15.9. The fourth-order valence-electron chi connectivity index (χ4n) is 2.07. The van der Waals surface area contributed by atoms with E-state index < -0.39 is 0 Å². The van der Waals surface area contributed by atoms with Gasteiger partial charge in [0.1, 0.15) is 11.2 Å². The van der Waals surface area contributed by atoms with Gasteiger partial charge in [0.05, 0.1) is 5.69 Å². The lowest BCUT2D eigenvalue weighted by atomic mass is 10.1. The average molecular weight is 315 g/mol. The number of anilines is 2. The van der Waals surface area contributed by atoms with Crippen LogP contribution in [0.2, 0.25) is 0 Å². The minimum Gasteiger partial charge on any atom is -0.295 e. The highest BCUT2D eigenvalue weighted by Gasteiger charge is 2.26. The summed E-state index contributed by atoms with van der Waals surface area (Å²) in [7, 11) is 0. The molecule has 1 aliphatic heterocycles. The zero-order chi connectivity index (χ0) is 15.5. The number of hydrazone groups is 1. The fourth-order valence-corrected chi connectivity index (χ4v) is 2.51. The first-order valence-electron chi connectivity index (χ1n) is 6.68. The zero-order valence-electron chi connectivity index (χ0n) is 11.8. The number of nitrogens with one attached hydrogen (secondary N) is 1. The van der Waals surface area contributed by atoms with Crippen LogP contribution in [0.15, 0.2) is 34.9 Å². The molecule has 0 atom stereocenters. The van der Waals surface area contributed by atoms with Crippen LogP contribution in [0.25, 0.3) is 0 Å². The molecule has 2 aromatic rings. The van der Waals surface area contributed by atoms with Crippen molar-refractivity contribution in [3.8, 4) is 0 Å². The Hall–Kier alpha value is -2.61. The first kappa shape index (κ1) is 14.3. The Kier molecular flexibility index (Phi) is 3.92. The highest BCUT2D eigenvalue weighted by Crippen LogP contribution is 2.21. The summed E-state index contributed by atoms with van der Waals surface area (Å²) in [6, 6.07) is 7.43. The summed E-state index contributed by atoms with van der Waals surface area (Å²) in [4.78, 5) is 24.2. The Labute approximate surface area is 130 Å². The molecule has 112 valence electrons. The van der Waals surface area contributed by atoms with Gasteiger partial charge >= 0.3 is 0 Å². The van der Waals surface area contributed by atoms with Gasteiger partial charge in [0.2, 0.25) is 11.0 Å². The molecule has 0 saturated heterocycles. The predicted octanol–water partition coefficient (Wildman–Crippen LogP) is 1.97. The molecule has 0 spiro atoms. The predicted molar refractivity (Wildman–Crippen MR) is 83.9 cm³/mol. The molecule has 0 aliphatic carbocycles. The number of aromatic nitrogens is 2. The maximum Gasteiger partial charge on any atom is 0.273 e. The molecule has 0 radical (unpaired) electrons. The number of aryl methyl sites for hydroxylation is 1. The minimum atomic E-state index is -0.359. The number of carbonyl (C=O) groups is 2. The van der Waals surface area contributed by atoms with Crippen molar-refractivity contribution in [2.45, 2.75) is 19.8 Å². The molecule has 1 N–H and O–H groups in total. The topological polar surface area (TPSA) is 87.6 Å². The molecular formula is C14H13N5O2S. The van der Waals surface area contributed by atoms with Crippen molar-refractivity contribution in [2.24, 2.45) is 5.10 Å². The molecule has 0 bridgehead atoms. The minimum absolute atomic E-state index is 0.127. The van der Waals surface area contributed by atoms with Gasteiger partial charge in [-0.3, -0.25) is 14.9 Å². The largest absolute Gasteiger partial charge is 0.295 e. The van der Waals surface area contributed by atoms with Gasteiger partial charge in [-0.15, -0.1) is 10.2 Å². The number of carbonyl (C=O) groups excluding carboxylic acids is 2. The van der Waals surface area contributed by atoms with E-state index in [4.69, 9.17) is 0 Å². The fraction of sp³-hybridized carbons (Fsp3) is 0.214. The lowest BCUT2D eigenvalue weighted by Gasteiger charge is -2.23. The first-order valence-corrected chi connectivity index (χ1v) is 7.56. The van der Waals surface area contributed by atoms with Crippen LogP contribution in [0.1, 0.15) is 18.4 Å².